The summed E-state index contributed by atoms with van der Waals surface area (Å²) in [5, 5.41) is 2.73. The topological polar surface area (TPSA) is 88.6 Å². The lowest BCUT2D eigenvalue weighted by molar-refractivity contribution is -0.123. The van der Waals surface area contributed by atoms with E-state index in [0.29, 0.717) is 17.9 Å². The minimum Gasteiger partial charge on any atom is -0.484 e. The summed E-state index contributed by atoms with van der Waals surface area (Å²) in [5.41, 5.74) is 1.54. The number of carbonyl (C=O) groups excluding carboxylic acids is 1. The normalized spacial score (nSPS) is 11.4. The maximum Gasteiger partial charge on any atom is 0.258 e. The van der Waals surface area contributed by atoms with Gasteiger partial charge >= 0.3 is 0 Å². The number of benzene rings is 1. The maximum absolute atomic E-state index is 12.1. The van der Waals surface area contributed by atoms with E-state index in [-0.39, 0.29) is 17.4 Å². The number of amides is 1. The third kappa shape index (κ3) is 5.01. The Bertz CT molecular complexity index is 836. The van der Waals surface area contributed by atoms with Crippen LogP contribution < -0.4 is 10.1 Å². The highest BCUT2D eigenvalue weighted by atomic mass is 32.2. The number of nitrogens with zero attached hydrogens (tertiary/aromatic N) is 2. The number of rotatable bonds is 7. The van der Waals surface area contributed by atoms with Gasteiger partial charge < -0.3 is 10.1 Å². The summed E-state index contributed by atoms with van der Waals surface area (Å²) in [5.74, 6) is 0.197. The first-order chi connectivity index (χ1) is 11.8. The maximum atomic E-state index is 12.1. The molecular weight excluding hydrogens is 342 g/mol. The van der Waals surface area contributed by atoms with E-state index in [1.54, 1.807) is 31.5 Å². The average Bonchev–Trinajstić information content (AvgIpc) is 2.59. The van der Waals surface area contributed by atoms with Crippen LogP contribution in [0.15, 0.2) is 47.6 Å². The molecule has 2 rings (SSSR count). The zero-order valence-electron chi connectivity index (χ0n) is 14.4. The van der Waals surface area contributed by atoms with Crippen molar-refractivity contribution < 1.29 is 17.9 Å². The number of aryl methyl sites for hydroxylation is 1. The molecule has 1 aromatic carbocycles. The van der Waals surface area contributed by atoms with E-state index in [1.165, 1.54) is 26.2 Å². The predicted octanol–water partition coefficient (Wildman–Crippen LogP) is 1.34. The first-order valence-corrected chi connectivity index (χ1v) is 9.06. The van der Waals surface area contributed by atoms with Gasteiger partial charge in [0.1, 0.15) is 5.75 Å². The molecule has 0 spiro atoms. The lowest BCUT2D eigenvalue weighted by atomic mass is 10.2. The van der Waals surface area contributed by atoms with Gasteiger partial charge in [-0.25, -0.2) is 12.7 Å². The van der Waals surface area contributed by atoms with Crippen LogP contribution in [0.3, 0.4) is 0 Å². The Hall–Kier alpha value is -2.45. The van der Waals surface area contributed by atoms with Gasteiger partial charge in [-0.3, -0.25) is 9.78 Å². The van der Waals surface area contributed by atoms with Crippen LogP contribution in [0.5, 0.6) is 5.75 Å². The fourth-order valence-corrected chi connectivity index (χ4v) is 3.04. The lowest BCUT2D eigenvalue weighted by Gasteiger charge is -2.14. The Morgan fingerprint density at radius 2 is 2.04 bits per heavy atom. The van der Waals surface area contributed by atoms with Crippen molar-refractivity contribution in [1.29, 1.82) is 0 Å². The van der Waals surface area contributed by atoms with E-state index in [0.717, 1.165) is 9.87 Å². The van der Waals surface area contributed by atoms with Crippen LogP contribution in [0.4, 0.5) is 0 Å². The Labute approximate surface area is 147 Å². The molecule has 8 heteroatoms. The van der Waals surface area contributed by atoms with Crippen molar-refractivity contribution in [1.82, 2.24) is 14.6 Å². The first-order valence-electron chi connectivity index (χ1n) is 7.62. The number of hydrogen-bond donors (Lipinski definition) is 1. The molecule has 0 aliphatic heterocycles. The highest BCUT2D eigenvalue weighted by Gasteiger charge is 2.18. The summed E-state index contributed by atoms with van der Waals surface area (Å²) >= 11 is 0. The lowest BCUT2D eigenvalue weighted by Crippen LogP contribution is -2.28. The SMILES string of the molecule is Cc1cc(S(=O)(=O)N(C)C)ccc1OCC(=O)NCc1cccnc1. The molecule has 0 saturated heterocycles. The van der Waals surface area contributed by atoms with Gasteiger partial charge in [-0.15, -0.1) is 0 Å². The molecule has 0 fully saturated rings. The van der Waals surface area contributed by atoms with Crippen molar-refractivity contribution in [3.8, 4) is 5.75 Å². The number of carbonyl (C=O) groups is 1. The third-order valence-electron chi connectivity index (χ3n) is 3.50. The Balaban J connectivity index is 1.93. The zero-order valence-corrected chi connectivity index (χ0v) is 15.2. The van der Waals surface area contributed by atoms with Crippen LogP contribution in [-0.2, 0) is 21.4 Å². The highest BCUT2D eigenvalue weighted by molar-refractivity contribution is 7.89. The van der Waals surface area contributed by atoms with Crippen molar-refractivity contribution in [2.45, 2.75) is 18.4 Å². The largest absolute Gasteiger partial charge is 0.484 e. The third-order valence-corrected chi connectivity index (χ3v) is 5.31. The van der Waals surface area contributed by atoms with E-state index in [2.05, 4.69) is 10.3 Å². The average molecular weight is 363 g/mol. The van der Waals surface area contributed by atoms with Crippen molar-refractivity contribution in [3.05, 3.63) is 53.9 Å². The minimum absolute atomic E-state index is 0.152. The molecule has 0 atom stereocenters. The fourth-order valence-electron chi connectivity index (χ4n) is 2.05. The molecule has 1 amide bonds. The molecule has 0 radical (unpaired) electrons. The van der Waals surface area contributed by atoms with Gasteiger partial charge in [0.2, 0.25) is 10.0 Å². The number of nitrogens with one attached hydrogen (secondary N) is 1. The molecule has 1 heterocycles. The zero-order chi connectivity index (χ0) is 18.4. The fraction of sp³-hybridized carbons (Fsp3) is 0.294. The molecule has 134 valence electrons. The smallest absolute Gasteiger partial charge is 0.258 e. The summed E-state index contributed by atoms with van der Waals surface area (Å²) in [6, 6.07) is 8.20. The predicted molar refractivity (Wildman–Crippen MR) is 93.6 cm³/mol. The monoisotopic (exact) mass is 363 g/mol. The summed E-state index contributed by atoms with van der Waals surface area (Å²) in [7, 11) is -0.546. The second-order valence-electron chi connectivity index (χ2n) is 5.64. The summed E-state index contributed by atoms with van der Waals surface area (Å²) in [4.78, 5) is 16.0. The molecule has 0 aliphatic rings. The molecule has 25 heavy (non-hydrogen) atoms. The van der Waals surface area contributed by atoms with Crippen LogP contribution in [0.1, 0.15) is 11.1 Å². The van der Waals surface area contributed by atoms with Crippen molar-refractivity contribution in [2.75, 3.05) is 20.7 Å². The second-order valence-corrected chi connectivity index (χ2v) is 7.79. The Kier molecular flexibility index (Phi) is 6.11. The molecule has 0 saturated carbocycles. The van der Waals surface area contributed by atoms with E-state index in [1.807, 2.05) is 6.07 Å². The number of ether oxygens (including phenoxy) is 1. The van der Waals surface area contributed by atoms with E-state index in [9.17, 15) is 13.2 Å². The Morgan fingerprint density at radius 1 is 1.28 bits per heavy atom. The van der Waals surface area contributed by atoms with Crippen LogP contribution in [0, 0.1) is 6.92 Å². The quantitative estimate of drug-likeness (QED) is 0.802. The second kappa shape index (κ2) is 8.09. The summed E-state index contributed by atoms with van der Waals surface area (Å²) < 4.78 is 30.8. The molecular formula is C17H21N3O4S. The van der Waals surface area contributed by atoms with Crippen LogP contribution >= 0.6 is 0 Å². The molecule has 7 nitrogen and oxygen atoms in total. The van der Waals surface area contributed by atoms with E-state index >= 15 is 0 Å². The number of aromatic nitrogens is 1. The van der Waals surface area contributed by atoms with Gasteiger partial charge in [0.25, 0.3) is 5.91 Å². The summed E-state index contributed by atoms with van der Waals surface area (Å²) in [6.45, 7) is 1.95. The van der Waals surface area contributed by atoms with Gasteiger partial charge in [0.05, 0.1) is 4.90 Å². The van der Waals surface area contributed by atoms with Crippen LogP contribution in [0.25, 0.3) is 0 Å². The van der Waals surface area contributed by atoms with Crippen LogP contribution in [0.2, 0.25) is 0 Å². The van der Waals surface area contributed by atoms with Crippen LogP contribution in [-0.4, -0.2) is 44.3 Å². The van der Waals surface area contributed by atoms with Gasteiger partial charge in [-0.2, -0.15) is 0 Å². The molecule has 0 aliphatic carbocycles. The van der Waals surface area contributed by atoms with E-state index in [4.69, 9.17) is 4.74 Å². The molecule has 0 unspecified atom stereocenters. The highest BCUT2D eigenvalue weighted by Crippen LogP contribution is 2.23. The molecule has 2 aromatic rings. The molecule has 1 aromatic heterocycles. The van der Waals surface area contributed by atoms with Gasteiger partial charge in [0.15, 0.2) is 6.61 Å². The molecule has 0 bridgehead atoms. The first kappa shape index (κ1) is 18.9. The van der Waals surface area contributed by atoms with E-state index < -0.39 is 10.0 Å². The Morgan fingerprint density at radius 3 is 2.64 bits per heavy atom. The van der Waals surface area contributed by atoms with Gasteiger partial charge in [-0.05, 0) is 42.3 Å². The van der Waals surface area contributed by atoms with Gasteiger partial charge in [-0.1, -0.05) is 6.07 Å². The number of sulfonamides is 1. The summed E-state index contributed by atoms with van der Waals surface area (Å²) in [6.07, 6.45) is 3.34. The minimum atomic E-state index is -3.49. The standard InChI is InChI=1S/C17H21N3O4S/c1-13-9-15(25(22,23)20(2)3)6-7-16(13)24-12-17(21)19-11-14-5-4-8-18-10-14/h4-10H,11-12H2,1-3H3,(H,19,21). The number of hydrogen-bond acceptors (Lipinski definition) is 5. The van der Waals surface area contributed by atoms with Crippen molar-refractivity contribution in [3.63, 3.8) is 0 Å². The van der Waals surface area contributed by atoms with Gasteiger partial charge in [0, 0.05) is 33.0 Å². The van der Waals surface area contributed by atoms with Crippen molar-refractivity contribution >= 4 is 15.9 Å². The van der Waals surface area contributed by atoms with Crippen molar-refractivity contribution in [2.24, 2.45) is 0 Å². The molecule has 1 N–H and O–H groups in total. The number of pyridine rings is 1.